The summed E-state index contributed by atoms with van der Waals surface area (Å²) >= 11 is 0. The van der Waals surface area contributed by atoms with Crippen molar-refractivity contribution in [3.63, 3.8) is 0 Å². The summed E-state index contributed by atoms with van der Waals surface area (Å²) in [7, 11) is 2.98. The van der Waals surface area contributed by atoms with Crippen LogP contribution in [0.2, 0.25) is 0 Å². The number of methoxy groups -OCH3 is 2. The van der Waals surface area contributed by atoms with Gasteiger partial charge >= 0.3 is 5.97 Å². The molecule has 0 radical (unpaired) electrons. The minimum Gasteiger partial charge on any atom is -0.493 e. The summed E-state index contributed by atoms with van der Waals surface area (Å²) in [5, 5.41) is 9.28. The van der Waals surface area contributed by atoms with E-state index in [1.165, 1.54) is 37.1 Å². The standard InChI is InChI=1S/C19H24N2O6/c1-11(2)18-19(25)21(10-17(23)24)14(9-20(18)12(3)22)13-6-7-15(26-4)16(8-13)27-5/h6-9,11,18H,10H2,1-5H3,(H,23,24). The number of nitrogens with zero attached hydrogens (tertiary/aromatic N) is 2. The molecule has 0 aliphatic carbocycles. The molecule has 146 valence electrons. The first-order valence-corrected chi connectivity index (χ1v) is 8.47. The molecule has 27 heavy (non-hydrogen) atoms. The molecule has 0 saturated carbocycles. The van der Waals surface area contributed by atoms with Crippen LogP contribution in [-0.4, -0.2) is 59.5 Å². The number of carbonyl (C=O) groups excluding carboxylic acids is 2. The molecular weight excluding hydrogens is 352 g/mol. The van der Waals surface area contributed by atoms with Crippen molar-refractivity contribution >= 4 is 23.5 Å². The summed E-state index contributed by atoms with van der Waals surface area (Å²) in [4.78, 5) is 39.1. The predicted octanol–water partition coefficient (Wildman–Crippen LogP) is 1.80. The molecule has 0 saturated heterocycles. The quantitative estimate of drug-likeness (QED) is 0.813. The minimum absolute atomic E-state index is 0.180. The van der Waals surface area contributed by atoms with Gasteiger partial charge in [-0.25, -0.2) is 0 Å². The summed E-state index contributed by atoms with van der Waals surface area (Å²) in [6.45, 7) is 4.49. The first kappa shape index (κ1) is 20.3. The summed E-state index contributed by atoms with van der Waals surface area (Å²) in [6.07, 6.45) is 1.53. The zero-order chi connectivity index (χ0) is 20.3. The lowest BCUT2D eigenvalue weighted by molar-refractivity contribution is -0.148. The molecule has 2 rings (SSSR count). The van der Waals surface area contributed by atoms with E-state index < -0.39 is 24.5 Å². The van der Waals surface area contributed by atoms with Crippen LogP contribution in [-0.2, 0) is 14.4 Å². The Bertz CT molecular complexity index is 786. The van der Waals surface area contributed by atoms with Gasteiger partial charge in [-0.1, -0.05) is 13.8 Å². The number of carboxylic acids is 1. The largest absolute Gasteiger partial charge is 0.493 e. The smallest absolute Gasteiger partial charge is 0.323 e. The number of ether oxygens (including phenoxy) is 2. The molecule has 8 nitrogen and oxygen atoms in total. The SMILES string of the molecule is COc1ccc(C2=CN(C(C)=O)C(C(C)C)C(=O)N2CC(=O)O)cc1OC. The Morgan fingerprint density at radius 1 is 1.19 bits per heavy atom. The number of hydrogen-bond donors (Lipinski definition) is 1. The van der Waals surface area contributed by atoms with E-state index in [0.717, 1.165) is 0 Å². The third-order valence-electron chi connectivity index (χ3n) is 4.34. The maximum atomic E-state index is 13.1. The molecule has 8 heteroatoms. The van der Waals surface area contributed by atoms with Gasteiger partial charge in [0.1, 0.15) is 12.6 Å². The van der Waals surface area contributed by atoms with Gasteiger partial charge in [-0.3, -0.25) is 19.3 Å². The molecule has 0 bridgehead atoms. The first-order valence-electron chi connectivity index (χ1n) is 8.47. The third kappa shape index (κ3) is 4.05. The Hall–Kier alpha value is -3.03. The van der Waals surface area contributed by atoms with Gasteiger partial charge in [-0.05, 0) is 24.1 Å². The lowest BCUT2D eigenvalue weighted by atomic mass is 9.97. The summed E-state index contributed by atoms with van der Waals surface area (Å²) in [5.41, 5.74) is 0.853. The number of hydrogen-bond acceptors (Lipinski definition) is 5. The Morgan fingerprint density at radius 2 is 1.81 bits per heavy atom. The van der Waals surface area contributed by atoms with Gasteiger partial charge in [0.05, 0.1) is 19.9 Å². The van der Waals surface area contributed by atoms with Crippen molar-refractivity contribution in [1.82, 2.24) is 9.80 Å². The number of aliphatic carboxylic acids is 1. The van der Waals surface area contributed by atoms with Crippen LogP contribution in [0.4, 0.5) is 0 Å². The second kappa shape index (κ2) is 8.11. The van der Waals surface area contributed by atoms with E-state index in [9.17, 15) is 19.5 Å². The average Bonchev–Trinajstić information content (AvgIpc) is 2.61. The fourth-order valence-corrected chi connectivity index (χ4v) is 3.10. The fourth-order valence-electron chi connectivity index (χ4n) is 3.10. The zero-order valence-corrected chi connectivity index (χ0v) is 16.1. The van der Waals surface area contributed by atoms with E-state index in [0.29, 0.717) is 22.8 Å². The molecule has 0 aromatic heterocycles. The van der Waals surface area contributed by atoms with Gasteiger partial charge in [-0.2, -0.15) is 0 Å². The van der Waals surface area contributed by atoms with Crippen molar-refractivity contribution < 1.29 is 29.0 Å². The first-order chi connectivity index (χ1) is 12.7. The van der Waals surface area contributed by atoms with Crippen LogP contribution in [0.3, 0.4) is 0 Å². The second-order valence-electron chi connectivity index (χ2n) is 6.52. The highest BCUT2D eigenvalue weighted by molar-refractivity contribution is 5.98. The number of carbonyl (C=O) groups is 3. The number of benzene rings is 1. The van der Waals surface area contributed by atoms with Crippen molar-refractivity contribution in [2.24, 2.45) is 5.92 Å². The van der Waals surface area contributed by atoms with Crippen molar-refractivity contribution in [3.05, 3.63) is 30.0 Å². The van der Waals surface area contributed by atoms with Crippen molar-refractivity contribution in [3.8, 4) is 11.5 Å². The molecule has 0 spiro atoms. The van der Waals surface area contributed by atoms with Gasteiger partial charge in [0.15, 0.2) is 11.5 Å². The fraction of sp³-hybridized carbons (Fsp3) is 0.421. The summed E-state index contributed by atoms with van der Waals surface area (Å²) in [5.74, 6) is -1.13. The molecule has 1 heterocycles. The maximum absolute atomic E-state index is 13.1. The molecule has 0 fully saturated rings. The molecule has 1 aliphatic rings. The topological polar surface area (TPSA) is 96.4 Å². The van der Waals surface area contributed by atoms with E-state index >= 15 is 0 Å². The van der Waals surface area contributed by atoms with E-state index in [2.05, 4.69) is 0 Å². The normalized spacial score (nSPS) is 17.0. The number of carboxylic acid groups (broad SMARTS) is 1. The highest BCUT2D eigenvalue weighted by Gasteiger charge is 2.40. The lowest BCUT2D eigenvalue weighted by Gasteiger charge is -2.40. The average molecular weight is 376 g/mol. The van der Waals surface area contributed by atoms with Crippen LogP contribution in [0.25, 0.3) is 5.70 Å². The van der Waals surface area contributed by atoms with Gasteiger partial charge in [0, 0.05) is 18.7 Å². The molecule has 1 aliphatic heterocycles. The van der Waals surface area contributed by atoms with Gasteiger partial charge in [-0.15, -0.1) is 0 Å². The molecule has 2 amide bonds. The Balaban J connectivity index is 2.64. The highest BCUT2D eigenvalue weighted by Crippen LogP contribution is 2.35. The monoisotopic (exact) mass is 376 g/mol. The molecule has 1 N–H and O–H groups in total. The zero-order valence-electron chi connectivity index (χ0n) is 16.1. The van der Waals surface area contributed by atoms with Crippen LogP contribution in [0.1, 0.15) is 26.3 Å². The Kier molecular flexibility index (Phi) is 6.09. The van der Waals surface area contributed by atoms with Gasteiger partial charge < -0.3 is 19.5 Å². The van der Waals surface area contributed by atoms with Gasteiger partial charge in [0.2, 0.25) is 5.91 Å². The number of amides is 2. The van der Waals surface area contributed by atoms with Crippen LogP contribution >= 0.6 is 0 Å². The predicted molar refractivity (Wildman–Crippen MR) is 98.0 cm³/mol. The summed E-state index contributed by atoms with van der Waals surface area (Å²) in [6, 6.07) is 4.22. The molecule has 1 atom stereocenters. The minimum atomic E-state index is -1.14. The lowest BCUT2D eigenvalue weighted by Crippen LogP contribution is -2.55. The van der Waals surface area contributed by atoms with Crippen LogP contribution in [0.15, 0.2) is 24.4 Å². The van der Waals surface area contributed by atoms with Crippen LogP contribution in [0.5, 0.6) is 11.5 Å². The van der Waals surface area contributed by atoms with Crippen molar-refractivity contribution in [1.29, 1.82) is 0 Å². The summed E-state index contributed by atoms with van der Waals surface area (Å²) < 4.78 is 10.5. The van der Waals surface area contributed by atoms with Crippen LogP contribution < -0.4 is 9.47 Å². The third-order valence-corrected chi connectivity index (χ3v) is 4.34. The molecule has 1 aromatic rings. The highest BCUT2D eigenvalue weighted by atomic mass is 16.5. The van der Waals surface area contributed by atoms with Crippen LogP contribution in [0, 0.1) is 5.92 Å². The van der Waals surface area contributed by atoms with E-state index in [1.807, 2.05) is 13.8 Å². The molecule has 1 unspecified atom stereocenters. The van der Waals surface area contributed by atoms with E-state index in [4.69, 9.17) is 9.47 Å². The van der Waals surface area contributed by atoms with E-state index in [-0.39, 0.29) is 11.8 Å². The number of rotatable bonds is 6. The Labute approximate surface area is 158 Å². The molecular formula is C19H24N2O6. The maximum Gasteiger partial charge on any atom is 0.323 e. The van der Waals surface area contributed by atoms with Crippen molar-refractivity contribution in [2.75, 3.05) is 20.8 Å². The second-order valence-corrected chi connectivity index (χ2v) is 6.52. The van der Waals surface area contributed by atoms with Crippen molar-refractivity contribution in [2.45, 2.75) is 26.8 Å². The Morgan fingerprint density at radius 3 is 2.30 bits per heavy atom. The van der Waals surface area contributed by atoms with E-state index in [1.54, 1.807) is 18.2 Å². The van der Waals surface area contributed by atoms with Gasteiger partial charge in [0.25, 0.3) is 5.91 Å². The molecule has 1 aromatic carbocycles.